The maximum absolute atomic E-state index is 12.8. The molecule has 0 atom stereocenters. The summed E-state index contributed by atoms with van der Waals surface area (Å²) >= 11 is 0. The van der Waals surface area contributed by atoms with Crippen molar-refractivity contribution in [1.82, 2.24) is 14.9 Å². The molecule has 0 radical (unpaired) electrons. The third-order valence-electron chi connectivity index (χ3n) is 3.98. The predicted octanol–water partition coefficient (Wildman–Crippen LogP) is 0.355. The largest absolute Gasteiger partial charge is 0.383 e. The molecule has 0 aliphatic carbocycles. The van der Waals surface area contributed by atoms with Crippen molar-refractivity contribution >= 4 is 15.9 Å². The minimum Gasteiger partial charge on any atom is -0.383 e. The number of carbonyl (C=O) groups excluding carboxylic acids is 1. The molecule has 1 heterocycles. The zero-order chi connectivity index (χ0) is 17.6. The van der Waals surface area contributed by atoms with E-state index in [-0.39, 0.29) is 24.0 Å². The third kappa shape index (κ3) is 4.76. The predicted molar refractivity (Wildman–Crippen MR) is 91.6 cm³/mol. The summed E-state index contributed by atoms with van der Waals surface area (Å²) in [6, 6.07) is 4.66. The molecule has 1 aliphatic heterocycles. The lowest BCUT2D eigenvalue weighted by Gasteiger charge is -2.21. The lowest BCUT2D eigenvalue weighted by molar-refractivity contribution is 0.0765. The first-order valence-corrected chi connectivity index (χ1v) is 9.53. The maximum Gasteiger partial charge on any atom is 0.254 e. The molecule has 0 unspecified atom stereocenters. The van der Waals surface area contributed by atoms with Gasteiger partial charge in [-0.3, -0.25) is 4.79 Å². The summed E-state index contributed by atoms with van der Waals surface area (Å²) in [5.41, 5.74) is 1.21. The Bertz CT molecular complexity index is 668. The van der Waals surface area contributed by atoms with Crippen molar-refractivity contribution in [3.63, 3.8) is 0 Å². The van der Waals surface area contributed by atoms with Crippen LogP contribution in [-0.2, 0) is 14.8 Å². The van der Waals surface area contributed by atoms with Crippen molar-refractivity contribution in [3.8, 4) is 0 Å². The molecule has 1 aromatic carbocycles. The number of sulfonamides is 1. The lowest BCUT2D eigenvalue weighted by Crippen LogP contribution is -2.35. The van der Waals surface area contributed by atoms with Gasteiger partial charge in [0.2, 0.25) is 10.0 Å². The monoisotopic (exact) mass is 355 g/mol. The molecule has 1 aliphatic rings. The van der Waals surface area contributed by atoms with E-state index in [1.54, 1.807) is 11.0 Å². The van der Waals surface area contributed by atoms with E-state index in [0.29, 0.717) is 18.7 Å². The van der Waals surface area contributed by atoms with Gasteiger partial charge >= 0.3 is 0 Å². The number of benzene rings is 1. The Balaban J connectivity index is 2.23. The van der Waals surface area contributed by atoms with Crippen LogP contribution in [0.5, 0.6) is 0 Å². The molecule has 0 aromatic heterocycles. The van der Waals surface area contributed by atoms with Crippen molar-refractivity contribution in [2.45, 2.75) is 18.2 Å². The topological polar surface area (TPSA) is 87.7 Å². The van der Waals surface area contributed by atoms with Crippen LogP contribution in [0.3, 0.4) is 0 Å². The van der Waals surface area contributed by atoms with E-state index in [0.717, 1.165) is 25.1 Å². The average molecular weight is 355 g/mol. The molecule has 7 nitrogen and oxygen atoms in total. The molecule has 1 amide bonds. The van der Waals surface area contributed by atoms with Crippen LogP contribution in [0.15, 0.2) is 23.1 Å². The number of ether oxygens (including phenoxy) is 1. The van der Waals surface area contributed by atoms with Crippen LogP contribution in [-0.4, -0.2) is 65.7 Å². The summed E-state index contributed by atoms with van der Waals surface area (Å²) in [5.74, 6) is -0.120. The van der Waals surface area contributed by atoms with Gasteiger partial charge in [-0.05, 0) is 37.6 Å². The summed E-state index contributed by atoms with van der Waals surface area (Å²) in [7, 11) is -2.15. The van der Waals surface area contributed by atoms with E-state index >= 15 is 0 Å². The minimum atomic E-state index is -3.66. The van der Waals surface area contributed by atoms with Crippen molar-refractivity contribution in [2.75, 3.05) is 46.4 Å². The van der Waals surface area contributed by atoms with Crippen LogP contribution >= 0.6 is 0 Å². The molecule has 134 valence electrons. The zero-order valence-electron chi connectivity index (χ0n) is 14.2. The van der Waals surface area contributed by atoms with Crippen molar-refractivity contribution in [2.24, 2.45) is 0 Å². The van der Waals surface area contributed by atoms with Crippen LogP contribution in [0.25, 0.3) is 0 Å². The zero-order valence-corrected chi connectivity index (χ0v) is 15.0. The number of hydrogen-bond donors (Lipinski definition) is 2. The standard InChI is InChI=1S/C16H25N3O4S/c1-13-4-5-14(24(21,22)18-8-11-23-2)12-15(13)16(20)19-9-3-6-17-7-10-19/h4-5,12,17-18H,3,6-11H2,1-2H3. The van der Waals surface area contributed by atoms with Crippen molar-refractivity contribution in [3.05, 3.63) is 29.3 Å². The summed E-state index contributed by atoms with van der Waals surface area (Å²) < 4.78 is 32.0. The van der Waals surface area contributed by atoms with Crippen molar-refractivity contribution < 1.29 is 17.9 Å². The van der Waals surface area contributed by atoms with Crippen LogP contribution < -0.4 is 10.0 Å². The number of aryl methyl sites for hydroxylation is 1. The molecule has 8 heteroatoms. The second-order valence-corrected chi connectivity index (χ2v) is 7.53. The number of rotatable bonds is 6. The second-order valence-electron chi connectivity index (χ2n) is 5.76. The number of methoxy groups -OCH3 is 1. The second kappa shape index (κ2) is 8.57. The molecule has 1 fully saturated rings. The normalized spacial score (nSPS) is 16.0. The van der Waals surface area contributed by atoms with Gasteiger partial charge in [-0.1, -0.05) is 6.07 Å². The fourth-order valence-corrected chi connectivity index (χ4v) is 3.62. The fraction of sp³-hybridized carbons (Fsp3) is 0.562. The maximum atomic E-state index is 12.8. The van der Waals surface area contributed by atoms with Gasteiger partial charge in [0.1, 0.15) is 0 Å². The SMILES string of the molecule is COCCNS(=O)(=O)c1ccc(C)c(C(=O)N2CCCNCC2)c1. The Morgan fingerprint density at radius 1 is 1.33 bits per heavy atom. The number of nitrogens with one attached hydrogen (secondary N) is 2. The van der Waals surface area contributed by atoms with Crippen LogP contribution in [0, 0.1) is 6.92 Å². The summed E-state index contributed by atoms with van der Waals surface area (Å²) in [4.78, 5) is 14.6. The number of hydrogen-bond acceptors (Lipinski definition) is 5. The first-order valence-electron chi connectivity index (χ1n) is 8.05. The molecule has 24 heavy (non-hydrogen) atoms. The van der Waals surface area contributed by atoms with Gasteiger partial charge in [0, 0.05) is 38.9 Å². The van der Waals surface area contributed by atoms with Gasteiger partial charge in [0.05, 0.1) is 11.5 Å². The van der Waals surface area contributed by atoms with E-state index in [1.165, 1.54) is 19.2 Å². The molecular formula is C16H25N3O4S. The molecule has 0 spiro atoms. The quantitative estimate of drug-likeness (QED) is 0.719. The summed E-state index contributed by atoms with van der Waals surface area (Å²) in [6.07, 6.45) is 0.890. The Morgan fingerprint density at radius 2 is 2.12 bits per heavy atom. The van der Waals surface area contributed by atoms with E-state index in [4.69, 9.17) is 4.74 Å². The van der Waals surface area contributed by atoms with E-state index in [9.17, 15) is 13.2 Å². The van der Waals surface area contributed by atoms with Crippen LogP contribution in [0.1, 0.15) is 22.3 Å². The lowest BCUT2D eigenvalue weighted by atomic mass is 10.1. The summed E-state index contributed by atoms with van der Waals surface area (Å²) in [6.45, 7) is 5.24. The van der Waals surface area contributed by atoms with Gasteiger partial charge in [0.25, 0.3) is 5.91 Å². The van der Waals surface area contributed by atoms with Gasteiger partial charge in [0.15, 0.2) is 0 Å². The molecule has 1 saturated heterocycles. The average Bonchev–Trinajstić information content (AvgIpc) is 2.84. The van der Waals surface area contributed by atoms with Gasteiger partial charge in [-0.25, -0.2) is 13.1 Å². The van der Waals surface area contributed by atoms with Crippen molar-refractivity contribution in [1.29, 1.82) is 0 Å². The molecule has 2 N–H and O–H groups in total. The van der Waals surface area contributed by atoms with E-state index in [1.807, 2.05) is 6.92 Å². The highest BCUT2D eigenvalue weighted by molar-refractivity contribution is 7.89. The summed E-state index contributed by atoms with van der Waals surface area (Å²) in [5, 5.41) is 3.25. The molecular weight excluding hydrogens is 330 g/mol. The van der Waals surface area contributed by atoms with Gasteiger partial charge < -0.3 is 15.0 Å². The highest BCUT2D eigenvalue weighted by Gasteiger charge is 2.22. The molecule has 0 saturated carbocycles. The highest BCUT2D eigenvalue weighted by Crippen LogP contribution is 2.18. The fourth-order valence-electron chi connectivity index (χ4n) is 2.58. The Hall–Kier alpha value is -1.48. The van der Waals surface area contributed by atoms with E-state index in [2.05, 4.69) is 10.0 Å². The first-order chi connectivity index (χ1) is 11.5. The smallest absolute Gasteiger partial charge is 0.254 e. The Morgan fingerprint density at radius 3 is 2.88 bits per heavy atom. The highest BCUT2D eigenvalue weighted by atomic mass is 32.2. The van der Waals surface area contributed by atoms with Gasteiger partial charge in [-0.2, -0.15) is 0 Å². The Kier molecular flexibility index (Phi) is 6.73. The molecule has 0 bridgehead atoms. The Labute approximate surface area is 143 Å². The first kappa shape index (κ1) is 18.9. The molecule has 2 rings (SSSR count). The number of amides is 1. The van der Waals surface area contributed by atoms with Gasteiger partial charge in [-0.15, -0.1) is 0 Å². The number of nitrogens with zero attached hydrogens (tertiary/aromatic N) is 1. The van der Waals surface area contributed by atoms with E-state index < -0.39 is 10.0 Å². The molecule has 1 aromatic rings. The third-order valence-corrected chi connectivity index (χ3v) is 5.43. The minimum absolute atomic E-state index is 0.0977. The number of carbonyl (C=O) groups is 1. The van der Waals surface area contributed by atoms with Crippen LogP contribution in [0.4, 0.5) is 0 Å². The van der Waals surface area contributed by atoms with Crippen LogP contribution in [0.2, 0.25) is 0 Å².